The number of hydrogen-bond acceptors (Lipinski definition) is 2. The van der Waals surface area contributed by atoms with Gasteiger partial charge in [-0.05, 0) is 56.8 Å². The second kappa shape index (κ2) is 12.0. The number of hydrogen-bond donors (Lipinski definition) is 2. The Balaban J connectivity index is 0.00000338. The number of likely N-dealkylation sites (tertiary alicyclic amines) is 1. The molecular weight excluding hydrogens is 439 g/mol. The van der Waals surface area contributed by atoms with Crippen LogP contribution in [0.15, 0.2) is 4.99 Å². The van der Waals surface area contributed by atoms with E-state index in [9.17, 15) is 4.79 Å². The molecule has 0 spiro atoms. The van der Waals surface area contributed by atoms with Gasteiger partial charge in [-0.2, -0.15) is 0 Å². The van der Waals surface area contributed by atoms with Crippen LogP contribution in [0, 0.1) is 17.8 Å². The third-order valence-electron chi connectivity index (χ3n) is 5.87. The van der Waals surface area contributed by atoms with E-state index in [2.05, 4.69) is 31.4 Å². The topological polar surface area (TPSA) is 56.7 Å². The van der Waals surface area contributed by atoms with Crippen molar-refractivity contribution in [1.82, 2.24) is 15.5 Å². The summed E-state index contributed by atoms with van der Waals surface area (Å²) >= 11 is 0. The fourth-order valence-electron chi connectivity index (χ4n) is 4.10. The van der Waals surface area contributed by atoms with Crippen LogP contribution in [-0.4, -0.2) is 49.0 Å². The summed E-state index contributed by atoms with van der Waals surface area (Å²) in [5, 5.41) is 6.91. The molecule has 1 saturated carbocycles. The van der Waals surface area contributed by atoms with E-state index in [-0.39, 0.29) is 29.9 Å². The molecule has 1 aliphatic heterocycles. The normalized spacial score (nSPS) is 26.6. The van der Waals surface area contributed by atoms with Crippen LogP contribution in [0.2, 0.25) is 0 Å². The van der Waals surface area contributed by atoms with Crippen molar-refractivity contribution in [3.8, 4) is 0 Å². The van der Waals surface area contributed by atoms with Crippen molar-refractivity contribution in [3.05, 3.63) is 0 Å². The molecule has 0 aromatic heterocycles. The lowest BCUT2D eigenvalue weighted by molar-refractivity contribution is -0.129. The number of carbonyl (C=O) groups is 1. The standard InChI is InChI=1S/C20H38N4O.HI/c1-5-19(25)24-12-11-18(14-24)23-20(21-6-2)22-13-16-7-9-17(10-8-16)15(3)4;/h15-18H,5-14H2,1-4H3,(H2,21,22,23);1H. The molecule has 0 aromatic rings. The van der Waals surface area contributed by atoms with Gasteiger partial charge in [0.25, 0.3) is 0 Å². The monoisotopic (exact) mass is 478 g/mol. The quantitative estimate of drug-likeness (QED) is 0.348. The smallest absolute Gasteiger partial charge is 0.222 e. The second-order valence-electron chi connectivity index (χ2n) is 8.07. The first-order valence-electron chi connectivity index (χ1n) is 10.4. The number of nitrogens with zero attached hydrogens (tertiary/aromatic N) is 2. The zero-order valence-electron chi connectivity index (χ0n) is 17.1. The van der Waals surface area contributed by atoms with Crippen LogP contribution in [0.3, 0.4) is 0 Å². The van der Waals surface area contributed by atoms with Crippen LogP contribution in [0.5, 0.6) is 0 Å². The Morgan fingerprint density at radius 2 is 1.85 bits per heavy atom. The number of nitrogens with one attached hydrogen (secondary N) is 2. The average Bonchev–Trinajstić information content (AvgIpc) is 3.08. The zero-order valence-corrected chi connectivity index (χ0v) is 19.4. The molecule has 1 amide bonds. The SMILES string of the molecule is CCNC(=NCC1CCC(C(C)C)CC1)NC1CCN(C(=O)CC)C1.I. The minimum atomic E-state index is 0. The van der Waals surface area contributed by atoms with Gasteiger partial charge in [0, 0.05) is 38.6 Å². The van der Waals surface area contributed by atoms with Crippen molar-refractivity contribution < 1.29 is 4.79 Å². The van der Waals surface area contributed by atoms with Crippen LogP contribution in [-0.2, 0) is 4.79 Å². The van der Waals surface area contributed by atoms with E-state index >= 15 is 0 Å². The van der Waals surface area contributed by atoms with Gasteiger partial charge in [0.2, 0.25) is 5.91 Å². The molecular formula is C20H39IN4O. The van der Waals surface area contributed by atoms with E-state index in [1.54, 1.807) is 0 Å². The summed E-state index contributed by atoms with van der Waals surface area (Å²) in [5.41, 5.74) is 0. The molecule has 0 aromatic carbocycles. The fourth-order valence-corrected chi connectivity index (χ4v) is 4.10. The molecule has 152 valence electrons. The molecule has 0 radical (unpaired) electrons. The summed E-state index contributed by atoms with van der Waals surface area (Å²) in [6.45, 7) is 12.2. The predicted molar refractivity (Wildman–Crippen MR) is 120 cm³/mol. The van der Waals surface area contributed by atoms with Crippen molar-refractivity contribution in [3.63, 3.8) is 0 Å². The van der Waals surface area contributed by atoms with Gasteiger partial charge in [0.05, 0.1) is 0 Å². The van der Waals surface area contributed by atoms with Gasteiger partial charge in [-0.25, -0.2) is 0 Å². The van der Waals surface area contributed by atoms with Crippen LogP contribution in [0.1, 0.15) is 66.2 Å². The Labute approximate surface area is 177 Å². The Kier molecular flexibility index (Phi) is 10.9. The third kappa shape index (κ3) is 7.24. The van der Waals surface area contributed by atoms with E-state index in [4.69, 9.17) is 4.99 Å². The molecule has 1 saturated heterocycles. The number of amides is 1. The Hall–Kier alpha value is -0.530. The van der Waals surface area contributed by atoms with Crippen LogP contribution in [0.25, 0.3) is 0 Å². The Morgan fingerprint density at radius 3 is 2.42 bits per heavy atom. The lowest BCUT2D eigenvalue weighted by Crippen LogP contribution is -2.45. The highest BCUT2D eigenvalue weighted by Gasteiger charge is 2.26. The molecule has 5 nitrogen and oxygen atoms in total. The lowest BCUT2D eigenvalue weighted by atomic mass is 9.77. The van der Waals surface area contributed by atoms with Gasteiger partial charge in [-0.15, -0.1) is 24.0 Å². The van der Waals surface area contributed by atoms with E-state index in [1.165, 1.54) is 25.7 Å². The summed E-state index contributed by atoms with van der Waals surface area (Å²) in [6, 6.07) is 0.324. The molecule has 1 aliphatic carbocycles. The maximum atomic E-state index is 11.8. The molecule has 1 atom stereocenters. The first-order chi connectivity index (χ1) is 12.0. The van der Waals surface area contributed by atoms with Crippen molar-refractivity contribution in [2.24, 2.45) is 22.7 Å². The van der Waals surface area contributed by atoms with Crippen LogP contribution >= 0.6 is 24.0 Å². The fraction of sp³-hybridized carbons (Fsp3) is 0.900. The highest BCUT2D eigenvalue weighted by molar-refractivity contribution is 14.0. The summed E-state index contributed by atoms with van der Waals surface area (Å²) in [7, 11) is 0. The zero-order chi connectivity index (χ0) is 18.2. The Morgan fingerprint density at radius 1 is 1.15 bits per heavy atom. The van der Waals surface area contributed by atoms with Gasteiger partial charge in [0.1, 0.15) is 0 Å². The van der Waals surface area contributed by atoms with Gasteiger partial charge in [-0.3, -0.25) is 9.79 Å². The maximum absolute atomic E-state index is 11.8. The van der Waals surface area contributed by atoms with Crippen LogP contribution in [0.4, 0.5) is 0 Å². The average molecular weight is 478 g/mol. The maximum Gasteiger partial charge on any atom is 0.222 e. The van der Waals surface area contributed by atoms with Crippen molar-refractivity contribution in [2.75, 3.05) is 26.2 Å². The van der Waals surface area contributed by atoms with Crippen LogP contribution < -0.4 is 10.6 Å². The Bertz CT molecular complexity index is 447. The molecule has 0 bridgehead atoms. The number of carbonyl (C=O) groups excluding carboxylic acids is 1. The minimum absolute atomic E-state index is 0. The number of halogens is 1. The summed E-state index contributed by atoms with van der Waals surface area (Å²) in [5.74, 6) is 3.64. The van der Waals surface area contributed by atoms with E-state index in [0.29, 0.717) is 12.5 Å². The van der Waals surface area contributed by atoms with Crippen molar-refractivity contribution in [2.45, 2.75) is 72.3 Å². The first-order valence-corrected chi connectivity index (χ1v) is 10.4. The van der Waals surface area contributed by atoms with Gasteiger partial charge < -0.3 is 15.5 Å². The third-order valence-corrected chi connectivity index (χ3v) is 5.87. The summed E-state index contributed by atoms with van der Waals surface area (Å²) < 4.78 is 0. The first kappa shape index (κ1) is 23.5. The van der Waals surface area contributed by atoms with E-state index in [0.717, 1.165) is 56.3 Å². The number of guanidine groups is 1. The molecule has 2 aliphatic rings. The van der Waals surface area contributed by atoms with Crippen molar-refractivity contribution in [1.29, 1.82) is 0 Å². The number of rotatable bonds is 6. The van der Waals surface area contributed by atoms with E-state index < -0.39 is 0 Å². The predicted octanol–water partition coefficient (Wildman–Crippen LogP) is 3.63. The highest BCUT2D eigenvalue weighted by atomic mass is 127. The lowest BCUT2D eigenvalue weighted by Gasteiger charge is -2.30. The highest BCUT2D eigenvalue weighted by Crippen LogP contribution is 2.33. The summed E-state index contributed by atoms with van der Waals surface area (Å²) in [6.07, 6.45) is 6.95. The van der Waals surface area contributed by atoms with Gasteiger partial charge >= 0.3 is 0 Å². The van der Waals surface area contributed by atoms with Gasteiger partial charge in [0.15, 0.2) is 5.96 Å². The molecule has 6 heteroatoms. The minimum Gasteiger partial charge on any atom is -0.357 e. The molecule has 2 fully saturated rings. The van der Waals surface area contributed by atoms with E-state index in [1.807, 2.05) is 11.8 Å². The molecule has 2 rings (SSSR count). The van der Waals surface area contributed by atoms with Crippen molar-refractivity contribution >= 4 is 35.8 Å². The molecule has 2 N–H and O–H groups in total. The molecule has 26 heavy (non-hydrogen) atoms. The molecule has 1 unspecified atom stereocenters. The summed E-state index contributed by atoms with van der Waals surface area (Å²) in [4.78, 5) is 18.6. The second-order valence-corrected chi connectivity index (χ2v) is 8.07. The largest absolute Gasteiger partial charge is 0.357 e. The molecule has 1 heterocycles. The number of aliphatic imine (C=N–C) groups is 1. The van der Waals surface area contributed by atoms with Gasteiger partial charge in [-0.1, -0.05) is 20.8 Å².